The molecule has 2 N–H and O–H groups in total. The number of piperidine rings is 1. The minimum atomic E-state index is -0.133. The van der Waals surface area contributed by atoms with Gasteiger partial charge in [0.1, 0.15) is 5.82 Å². The lowest BCUT2D eigenvalue weighted by Crippen LogP contribution is -2.48. The van der Waals surface area contributed by atoms with Crippen LogP contribution in [0.15, 0.2) is 18.3 Å². The monoisotopic (exact) mass is 361 g/mol. The summed E-state index contributed by atoms with van der Waals surface area (Å²) in [6.07, 6.45) is 5.67. The van der Waals surface area contributed by atoms with Gasteiger partial charge in [-0.2, -0.15) is 0 Å². The van der Waals surface area contributed by atoms with E-state index < -0.39 is 0 Å². The van der Waals surface area contributed by atoms with E-state index in [9.17, 15) is 4.79 Å². The Morgan fingerprint density at radius 3 is 2.65 bits per heavy atom. The van der Waals surface area contributed by atoms with Crippen LogP contribution in [0.1, 0.15) is 31.7 Å². The van der Waals surface area contributed by atoms with E-state index in [2.05, 4.69) is 31.5 Å². The number of morpholine rings is 1. The van der Waals surface area contributed by atoms with E-state index in [0.29, 0.717) is 6.54 Å². The number of pyridine rings is 1. The second-order valence-electron chi connectivity index (χ2n) is 7.21. The Hall–Kier alpha value is -1.86. The lowest BCUT2D eigenvalue weighted by molar-refractivity contribution is 0.0349. The smallest absolute Gasteiger partial charge is 0.315 e. The molecular weight excluding hydrogens is 330 g/mol. The van der Waals surface area contributed by atoms with E-state index in [-0.39, 0.29) is 12.1 Å². The fraction of sp³-hybridized carbons (Fsp3) is 0.684. The minimum Gasteiger partial charge on any atom is -0.379 e. The van der Waals surface area contributed by atoms with Crippen molar-refractivity contribution in [2.45, 2.75) is 38.8 Å². The van der Waals surface area contributed by atoms with Crippen LogP contribution in [0.3, 0.4) is 0 Å². The van der Waals surface area contributed by atoms with Gasteiger partial charge in [-0.25, -0.2) is 9.78 Å². The molecule has 0 aromatic carbocycles. The van der Waals surface area contributed by atoms with Crippen LogP contribution >= 0.6 is 0 Å². The van der Waals surface area contributed by atoms with Crippen LogP contribution in [0.25, 0.3) is 0 Å². The molecule has 7 nitrogen and oxygen atoms in total. The molecule has 2 aliphatic rings. The topological polar surface area (TPSA) is 69.7 Å². The van der Waals surface area contributed by atoms with Crippen molar-refractivity contribution in [1.29, 1.82) is 0 Å². The van der Waals surface area contributed by atoms with Gasteiger partial charge in [-0.05, 0) is 37.8 Å². The van der Waals surface area contributed by atoms with Gasteiger partial charge in [0.15, 0.2) is 0 Å². The molecule has 2 amide bonds. The summed E-state index contributed by atoms with van der Waals surface area (Å²) in [5.41, 5.74) is 1.02. The van der Waals surface area contributed by atoms with Crippen LogP contribution in [0.5, 0.6) is 0 Å². The van der Waals surface area contributed by atoms with Crippen LogP contribution in [0.4, 0.5) is 10.6 Å². The van der Waals surface area contributed by atoms with Crippen LogP contribution in [0, 0.1) is 0 Å². The van der Waals surface area contributed by atoms with E-state index in [4.69, 9.17) is 4.74 Å². The number of nitrogens with one attached hydrogen (secondary N) is 2. The molecule has 2 fully saturated rings. The summed E-state index contributed by atoms with van der Waals surface area (Å²) in [6, 6.07) is 4.08. The first kappa shape index (κ1) is 18.9. The second-order valence-corrected chi connectivity index (χ2v) is 7.21. The van der Waals surface area contributed by atoms with Gasteiger partial charge in [0.2, 0.25) is 0 Å². The van der Waals surface area contributed by atoms with Crippen molar-refractivity contribution in [3.8, 4) is 0 Å². The number of hydrogen-bond donors (Lipinski definition) is 2. The zero-order chi connectivity index (χ0) is 18.2. The van der Waals surface area contributed by atoms with Gasteiger partial charge in [-0.15, -0.1) is 0 Å². The maximum absolute atomic E-state index is 12.1. The van der Waals surface area contributed by atoms with Crippen LogP contribution in [-0.2, 0) is 11.3 Å². The predicted octanol–water partition coefficient (Wildman–Crippen LogP) is 1.59. The van der Waals surface area contributed by atoms with Crippen molar-refractivity contribution in [3.63, 3.8) is 0 Å². The van der Waals surface area contributed by atoms with Crippen molar-refractivity contribution in [2.24, 2.45) is 0 Å². The normalized spacial score (nSPS) is 19.8. The van der Waals surface area contributed by atoms with Crippen LogP contribution in [0.2, 0.25) is 0 Å². The molecule has 1 aromatic heterocycles. The fourth-order valence-corrected chi connectivity index (χ4v) is 3.51. The van der Waals surface area contributed by atoms with E-state index in [1.54, 1.807) is 0 Å². The number of anilines is 1. The number of amides is 2. The summed E-state index contributed by atoms with van der Waals surface area (Å²) >= 11 is 0. The molecule has 3 heterocycles. The molecule has 26 heavy (non-hydrogen) atoms. The van der Waals surface area contributed by atoms with Gasteiger partial charge >= 0.3 is 6.03 Å². The fourth-order valence-electron chi connectivity index (χ4n) is 3.51. The highest BCUT2D eigenvalue weighted by atomic mass is 16.5. The molecule has 0 saturated carbocycles. The molecular formula is C19H31N5O2. The molecule has 0 radical (unpaired) electrons. The van der Waals surface area contributed by atoms with E-state index >= 15 is 0 Å². The Bertz CT molecular complexity index is 554. The third-order valence-electron chi connectivity index (χ3n) is 4.96. The molecule has 1 aromatic rings. The highest BCUT2D eigenvalue weighted by Gasteiger charge is 2.15. The number of hydrogen-bond acceptors (Lipinski definition) is 5. The summed E-state index contributed by atoms with van der Waals surface area (Å²) in [7, 11) is 0. The Kier molecular flexibility index (Phi) is 7.08. The third-order valence-corrected chi connectivity index (χ3v) is 4.96. The molecule has 7 heteroatoms. The number of aromatic nitrogens is 1. The molecule has 0 spiro atoms. The number of nitrogens with zero attached hydrogens (tertiary/aromatic N) is 3. The standard InChI is InChI=1S/C19H31N5O2/c1-16(15-23-9-11-26-12-10-23)22-19(25)21-14-17-5-6-18(20-13-17)24-7-3-2-4-8-24/h5-6,13,16H,2-4,7-12,14-15H2,1H3,(H2,21,22,25). The average molecular weight is 361 g/mol. The highest BCUT2D eigenvalue weighted by molar-refractivity contribution is 5.74. The van der Waals surface area contributed by atoms with E-state index in [0.717, 1.165) is 57.3 Å². The summed E-state index contributed by atoms with van der Waals surface area (Å²) in [6.45, 7) is 8.97. The minimum absolute atomic E-state index is 0.104. The maximum Gasteiger partial charge on any atom is 0.315 e. The van der Waals surface area contributed by atoms with Crippen molar-refractivity contribution < 1.29 is 9.53 Å². The number of urea groups is 1. The first-order valence-corrected chi connectivity index (χ1v) is 9.75. The highest BCUT2D eigenvalue weighted by Crippen LogP contribution is 2.17. The second kappa shape index (κ2) is 9.73. The summed E-state index contributed by atoms with van der Waals surface area (Å²) in [5, 5.41) is 5.92. The third kappa shape index (κ3) is 5.85. The van der Waals surface area contributed by atoms with E-state index in [1.807, 2.05) is 19.2 Å². The zero-order valence-corrected chi connectivity index (χ0v) is 15.7. The Morgan fingerprint density at radius 1 is 1.19 bits per heavy atom. The molecule has 2 aliphatic heterocycles. The first-order valence-electron chi connectivity index (χ1n) is 9.75. The van der Waals surface area contributed by atoms with Gasteiger partial charge in [-0.3, -0.25) is 4.90 Å². The average Bonchev–Trinajstić information content (AvgIpc) is 2.68. The number of carbonyl (C=O) groups is 1. The zero-order valence-electron chi connectivity index (χ0n) is 15.7. The van der Waals surface area contributed by atoms with Gasteiger partial charge in [0.05, 0.1) is 13.2 Å². The lowest BCUT2D eigenvalue weighted by atomic mass is 10.1. The molecule has 0 bridgehead atoms. The van der Waals surface area contributed by atoms with Crippen molar-refractivity contribution in [1.82, 2.24) is 20.5 Å². The Labute approximate surface area is 156 Å². The van der Waals surface area contributed by atoms with Crippen LogP contribution in [-0.4, -0.2) is 67.9 Å². The number of carbonyl (C=O) groups excluding carboxylic acids is 1. The molecule has 1 atom stereocenters. The molecule has 3 rings (SSSR count). The summed E-state index contributed by atoms with van der Waals surface area (Å²) in [4.78, 5) is 21.3. The van der Waals surface area contributed by atoms with Crippen LogP contribution < -0.4 is 15.5 Å². The van der Waals surface area contributed by atoms with Gasteiger partial charge in [-0.1, -0.05) is 6.07 Å². The molecule has 0 aliphatic carbocycles. The summed E-state index contributed by atoms with van der Waals surface area (Å²) in [5.74, 6) is 1.04. The van der Waals surface area contributed by atoms with Crippen molar-refractivity contribution >= 4 is 11.8 Å². The maximum atomic E-state index is 12.1. The first-order chi connectivity index (χ1) is 12.7. The molecule has 144 valence electrons. The largest absolute Gasteiger partial charge is 0.379 e. The van der Waals surface area contributed by atoms with Gasteiger partial charge < -0.3 is 20.3 Å². The summed E-state index contributed by atoms with van der Waals surface area (Å²) < 4.78 is 5.35. The Morgan fingerprint density at radius 2 is 1.96 bits per heavy atom. The van der Waals surface area contributed by atoms with Gasteiger partial charge in [0.25, 0.3) is 0 Å². The van der Waals surface area contributed by atoms with Crippen molar-refractivity contribution in [2.75, 3.05) is 50.8 Å². The quantitative estimate of drug-likeness (QED) is 0.805. The number of ether oxygens (including phenoxy) is 1. The van der Waals surface area contributed by atoms with Gasteiger partial charge in [0, 0.05) is 51.5 Å². The Balaban J connectivity index is 1.38. The molecule has 2 saturated heterocycles. The predicted molar refractivity (Wildman–Crippen MR) is 102 cm³/mol. The van der Waals surface area contributed by atoms with Crippen molar-refractivity contribution in [3.05, 3.63) is 23.9 Å². The SMILES string of the molecule is CC(CN1CCOCC1)NC(=O)NCc1ccc(N2CCCCC2)nc1. The number of rotatable bonds is 6. The lowest BCUT2D eigenvalue weighted by Gasteiger charge is -2.29. The molecule has 1 unspecified atom stereocenters. The van der Waals surface area contributed by atoms with E-state index in [1.165, 1.54) is 19.3 Å².